The van der Waals surface area contributed by atoms with E-state index in [9.17, 15) is 9.59 Å². The molecule has 5 nitrogen and oxygen atoms in total. The minimum absolute atomic E-state index is 0.227. The number of halogens is 1. The van der Waals surface area contributed by atoms with E-state index in [2.05, 4.69) is 27.9 Å². The molecule has 0 aliphatic heterocycles. The van der Waals surface area contributed by atoms with Crippen molar-refractivity contribution in [3.8, 4) is 5.75 Å². The summed E-state index contributed by atoms with van der Waals surface area (Å²) in [4.78, 5) is 23.9. The zero-order valence-corrected chi connectivity index (χ0v) is 14.9. The van der Waals surface area contributed by atoms with E-state index >= 15 is 0 Å². The van der Waals surface area contributed by atoms with Crippen LogP contribution in [0.3, 0.4) is 0 Å². The number of anilines is 1. The van der Waals surface area contributed by atoms with Gasteiger partial charge in [-0.05, 0) is 72.0 Å². The van der Waals surface area contributed by atoms with Gasteiger partial charge in [0.05, 0.1) is 25.0 Å². The van der Waals surface area contributed by atoms with Crippen LogP contribution in [0.4, 0.5) is 5.69 Å². The standard InChI is InChI=1S/C17H16INO4/c1-3-23-17(21)12-6-9-15(14(18)10-12)19-16(20)11-4-7-13(22-2)8-5-11/h4-10H,3H2,1-2H3,(H,19,20). The van der Waals surface area contributed by atoms with Gasteiger partial charge in [-0.3, -0.25) is 4.79 Å². The van der Waals surface area contributed by atoms with Crippen LogP contribution in [0.2, 0.25) is 0 Å². The fourth-order valence-corrected chi connectivity index (χ4v) is 2.54. The lowest BCUT2D eigenvalue weighted by Crippen LogP contribution is -2.13. The number of esters is 1. The van der Waals surface area contributed by atoms with E-state index in [1.54, 1.807) is 56.5 Å². The molecule has 0 aromatic heterocycles. The fraction of sp³-hybridized carbons (Fsp3) is 0.176. The highest BCUT2D eigenvalue weighted by Crippen LogP contribution is 2.21. The minimum atomic E-state index is -0.376. The van der Waals surface area contributed by atoms with E-state index in [0.717, 1.165) is 3.57 Å². The van der Waals surface area contributed by atoms with Gasteiger partial charge in [0.15, 0.2) is 0 Å². The lowest BCUT2D eigenvalue weighted by atomic mass is 10.1. The summed E-state index contributed by atoms with van der Waals surface area (Å²) >= 11 is 2.07. The maximum absolute atomic E-state index is 12.2. The smallest absolute Gasteiger partial charge is 0.338 e. The maximum Gasteiger partial charge on any atom is 0.338 e. The Balaban J connectivity index is 2.12. The van der Waals surface area contributed by atoms with Gasteiger partial charge in [0, 0.05) is 9.13 Å². The molecule has 6 heteroatoms. The van der Waals surface area contributed by atoms with E-state index < -0.39 is 0 Å². The van der Waals surface area contributed by atoms with Crippen LogP contribution in [-0.4, -0.2) is 25.6 Å². The van der Waals surface area contributed by atoms with Gasteiger partial charge in [-0.1, -0.05) is 0 Å². The van der Waals surface area contributed by atoms with Crippen molar-refractivity contribution < 1.29 is 19.1 Å². The van der Waals surface area contributed by atoms with Crippen molar-refractivity contribution in [3.05, 3.63) is 57.2 Å². The highest BCUT2D eigenvalue weighted by Gasteiger charge is 2.12. The van der Waals surface area contributed by atoms with Crippen LogP contribution in [0.5, 0.6) is 5.75 Å². The number of carbonyl (C=O) groups excluding carboxylic acids is 2. The first-order chi connectivity index (χ1) is 11.0. The van der Waals surface area contributed by atoms with Crippen molar-refractivity contribution in [1.82, 2.24) is 0 Å². The Labute approximate surface area is 148 Å². The number of hydrogen-bond donors (Lipinski definition) is 1. The van der Waals surface area contributed by atoms with E-state index in [4.69, 9.17) is 9.47 Å². The highest BCUT2D eigenvalue weighted by molar-refractivity contribution is 14.1. The first kappa shape index (κ1) is 17.3. The molecule has 0 saturated carbocycles. The largest absolute Gasteiger partial charge is 0.497 e. The molecule has 0 saturated heterocycles. The van der Waals surface area contributed by atoms with Crippen LogP contribution in [0.1, 0.15) is 27.6 Å². The van der Waals surface area contributed by atoms with Crippen LogP contribution in [-0.2, 0) is 4.74 Å². The van der Waals surface area contributed by atoms with Crippen molar-refractivity contribution in [2.45, 2.75) is 6.92 Å². The number of benzene rings is 2. The molecule has 2 aromatic rings. The minimum Gasteiger partial charge on any atom is -0.497 e. The average Bonchev–Trinajstić information content (AvgIpc) is 2.56. The molecule has 0 radical (unpaired) electrons. The van der Waals surface area contributed by atoms with Gasteiger partial charge in [-0.25, -0.2) is 4.79 Å². The second-order valence-corrected chi connectivity index (χ2v) is 5.76. The molecule has 0 bridgehead atoms. The van der Waals surface area contributed by atoms with E-state index in [0.29, 0.717) is 29.2 Å². The predicted octanol–water partition coefficient (Wildman–Crippen LogP) is 3.73. The average molecular weight is 425 g/mol. The molecule has 0 aliphatic carbocycles. The Morgan fingerprint density at radius 3 is 2.30 bits per heavy atom. The van der Waals surface area contributed by atoms with Gasteiger partial charge < -0.3 is 14.8 Å². The van der Waals surface area contributed by atoms with Crippen molar-refractivity contribution in [2.24, 2.45) is 0 Å². The summed E-state index contributed by atoms with van der Waals surface area (Å²) in [6.07, 6.45) is 0. The summed E-state index contributed by atoms with van der Waals surface area (Å²) in [5.74, 6) is 0.0859. The second-order valence-electron chi connectivity index (χ2n) is 4.60. The van der Waals surface area contributed by atoms with Gasteiger partial charge in [-0.15, -0.1) is 0 Å². The van der Waals surface area contributed by atoms with Crippen LogP contribution in [0.25, 0.3) is 0 Å². The third kappa shape index (κ3) is 4.44. The van der Waals surface area contributed by atoms with Crippen molar-refractivity contribution in [2.75, 3.05) is 19.0 Å². The van der Waals surface area contributed by atoms with Crippen molar-refractivity contribution >= 4 is 40.2 Å². The summed E-state index contributed by atoms with van der Waals surface area (Å²) in [7, 11) is 1.57. The van der Waals surface area contributed by atoms with Gasteiger partial charge in [0.2, 0.25) is 0 Å². The molecule has 120 valence electrons. The second kappa shape index (κ2) is 7.96. The zero-order chi connectivity index (χ0) is 16.8. The Kier molecular flexibility index (Phi) is 5.97. The molecule has 0 spiro atoms. The summed E-state index contributed by atoms with van der Waals surface area (Å²) in [6.45, 7) is 2.08. The molecular formula is C17H16INO4. The maximum atomic E-state index is 12.2. The number of nitrogens with one attached hydrogen (secondary N) is 1. The lowest BCUT2D eigenvalue weighted by Gasteiger charge is -2.09. The van der Waals surface area contributed by atoms with Crippen molar-refractivity contribution in [3.63, 3.8) is 0 Å². The third-order valence-electron chi connectivity index (χ3n) is 3.08. The van der Waals surface area contributed by atoms with Crippen LogP contribution < -0.4 is 10.1 Å². The number of hydrogen-bond acceptors (Lipinski definition) is 4. The molecule has 2 aromatic carbocycles. The monoisotopic (exact) mass is 425 g/mol. The van der Waals surface area contributed by atoms with Gasteiger partial charge in [-0.2, -0.15) is 0 Å². The Morgan fingerprint density at radius 1 is 1.09 bits per heavy atom. The third-order valence-corrected chi connectivity index (χ3v) is 3.97. The fourth-order valence-electron chi connectivity index (χ4n) is 1.89. The highest BCUT2D eigenvalue weighted by atomic mass is 127. The predicted molar refractivity (Wildman–Crippen MR) is 96.1 cm³/mol. The van der Waals surface area contributed by atoms with Gasteiger partial charge in [0.25, 0.3) is 5.91 Å². The Bertz CT molecular complexity index is 713. The molecule has 0 heterocycles. The lowest BCUT2D eigenvalue weighted by molar-refractivity contribution is 0.0526. The summed E-state index contributed by atoms with van der Waals surface area (Å²) < 4.78 is 10.8. The molecule has 0 unspecified atom stereocenters. The summed E-state index contributed by atoms with van der Waals surface area (Å²) in [6, 6.07) is 11.8. The molecular weight excluding hydrogens is 409 g/mol. The van der Waals surface area contributed by atoms with Crippen LogP contribution in [0, 0.1) is 3.57 Å². The first-order valence-corrected chi connectivity index (χ1v) is 8.05. The summed E-state index contributed by atoms with van der Waals surface area (Å²) in [5, 5.41) is 2.82. The number of ether oxygens (including phenoxy) is 2. The molecule has 2 rings (SSSR count). The number of rotatable bonds is 5. The SMILES string of the molecule is CCOC(=O)c1ccc(NC(=O)c2ccc(OC)cc2)c(I)c1. The molecule has 1 amide bonds. The zero-order valence-electron chi connectivity index (χ0n) is 12.8. The van der Waals surface area contributed by atoms with E-state index in [1.165, 1.54) is 0 Å². The van der Waals surface area contributed by atoms with Crippen molar-refractivity contribution in [1.29, 1.82) is 0 Å². The molecule has 0 aliphatic rings. The van der Waals surface area contributed by atoms with Gasteiger partial charge >= 0.3 is 5.97 Å². The first-order valence-electron chi connectivity index (χ1n) is 6.97. The van der Waals surface area contributed by atoms with E-state index in [-0.39, 0.29) is 11.9 Å². The molecule has 0 fully saturated rings. The Morgan fingerprint density at radius 2 is 1.74 bits per heavy atom. The number of amides is 1. The summed E-state index contributed by atoms with van der Waals surface area (Å²) in [5.41, 5.74) is 1.62. The normalized spacial score (nSPS) is 10.0. The quantitative estimate of drug-likeness (QED) is 0.586. The van der Waals surface area contributed by atoms with E-state index in [1.807, 2.05) is 0 Å². The topological polar surface area (TPSA) is 64.6 Å². The molecule has 23 heavy (non-hydrogen) atoms. The molecule has 1 N–H and O–H groups in total. The van der Waals surface area contributed by atoms with Crippen LogP contribution >= 0.6 is 22.6 Å². The Hall–Kier alpha value is -2.09. The van der Waals surface area contributed by atoms with Crippen LogP contribution in [0.15, 0.2) is 42.5 Å². The molecule has 0 atom stereocenters. The van der Waals surface area contributed by atoms with Gasteiger partial charge in [0.1, 0.15) is 5.75 Å². The number of methoxy groups -OCH3 is 1. The number of carbonyl (C=O) groups is 2.